The third kappa shape index (κ3) is 24.7. The Hall–Kier alpha value is -1.61. The first-order valence-corrected chi connectivity index (χ1v) is 21.4. The van der Waals surface area contributed by atoms with Crippen molar-refractivity contribution in [3.05, 3.63) is 10.1 Å². The molecule has 36 heteroatoms. The molecule has 0 aromatic rings. The van der Waals surface area contributed by atoms with E-state index in [0.29, 0.717) is 0 Å². The van der Waals surface area contributed by atoms with E-state index in [4.69, 9.17) is 39.1 Å². The average Bonchev–Trinajstić information content (AvgIpc) is 2.97. The number of nitro groups is 1. The zero-order valence-electron chi connectivity index (χ0n) is 27.7. The molecule has 0 spiro atoms. The fourth-order valence-corrected chi connectivity index (χ4v) is 6.53. The van der Waals surface area contributed by atoms with Crippen LogP contribution >= 0.6 is 50.2 Å². The van der Waals surface area contributed by atoms with Gasteiger partial charge in [-0.2, -0.15) is 0 Å². The third-order valence-electron chi connectivity index (χ3n) is 6.46. The molecule has 0 saturated heterocycles. The quantitative estimate of drug-likeness (QED) is 0.0154. The molecular weight excluding hydrogens is 886 g/mol. The predicted octanol–water partition coefficient (Wildman–Crippen LogP) is -2.08. The summed E-state index contributed by atoms with van der Waals surface area (Å²) in [6.45, 7) is -1.97. The van der Waals surface area contributed by atoms with Gasteiger partial charge in [0, 0.05) is 81.3 Å². The van der Waals surface area contributed by atoms with Gasteiger partial charge in [-0.15, -0.1) is 19.6 Å². The van der Waals surface area contributed by atoms with Crippen LogP contribution < -0.4 is 16.0 Å². The Morgan fingerprint density at radius 1 is 0.545 bits per heavy atom. The molecule has 0 bridgehead atoms. The minimum Gasteiger partial charge on any atom is -0.356 e. The lowest BCUT2D eigenvalue weighted by Crippen LogP contribution is -2.43. The van der Waals surface area contributed by atoms with E-state index in [1.165, 1.54) is 0 Å². The maximum atomic E-state index is 12.6. The maximum absolute atomic E-state index is 12.6. The molecule has 55 heavy (non-hydrogen) atoms. The Kier molecular flexibility index (Phi) is 24.9. The summed E-state index contributed by atoms with van der Waals surface area (Å²) in [5.41, 5.74) is -2.28. The van der Waals surface area contributed by atoms with Crippen molar-refractivity contribution < 1.29 is 119 Å². The number of aliphatic hydroxyl groups is 3. The molecule has 6 atom stereocenters. The van der Waals surface area contributed by atoms with E-state index in [1.807, 2.05) is 0 Å². The predicted molar refractivity (Wildman–Crippen MR) is 174 cm³/mol. The summed E-state index contributed by atoms with van der Waals surface area (Å²) in [6.07, 6.45) is -6.98. The molecule has 14 N–H and O–H groups in total. The van der Waals surface area contributed by atoms with E-state index in [9.17, 15) is 58.1 Å². The van der Waals surface area contributed by atoms with Crippen LogP contribution in [0.2, 0.25) is 0 Å². The van der Waals surface area contributed by atoms with Crippen LogP contribution in [0.5, 0.6) is 0 Å². The number of carbonyl (C=O) groups is 3. The zero-order chi connectivity index (χ0) is 42.6. The highest BCUT2D eigenvalue weighted by Gasteiger charge is 2.48. The van der Waals surface area contributed by atoms with Gasteiger partial charge in [0.1, 0.15) is 0 Å². The van der Waals surface area contributed by atoms with Crippen molar-refractivity contribution in [2.45, 2.75) is 81.2 Å². The Labute approximate surface area is 314 Å². The van der Waals surface area contributed by atoms with Crippen LogP contribution in [-0.4, -0.2) is 120 Å². The van der Waals surface area contributed by atoms with Gasteiger partial charge in [-0.25, -0.2) is 0 Å². The molecule has 0 heterocycles. The Balaban J connectivity index is 5.84. The summed E-state index contributed by atoms with van der Waals surface area (Å²) in [6, 6.07) is 0. The van der Waals surface area contributed by atoms with E-state index >= 15 is 0 Å². The minimum absolute atomic E-state index is 0.647. The molecule has 0 fully saturated rings. The molecule has 316 valence electrons. The highest BCUT2D eigenvalue weighted by molar-refractivity contribution is 7.39. The summed E-state index contributed by atoms with van der Waals surface area (Å²) in [7, 11) is -21.0. The number of nitrogens with zero attached hydrogens (tertiary/aromatic N) is 1. The first-order chi connectivity index (χ1) is 25.2. The molecule has 0 aliphatic heterocycles. The second-order valence-corrected chi connectivity index (χ2v) is 14.4. The van der Waals surface area contributed by atoms with Crippen molar-refractivity contribution in [3.63, 3.8) is 0 Å². The van der Waals surface area contributed by atoms with Gasteiger partial charge in [-0.05, 0) is 9.05 Å². The second kappa shape index (κ2) is 25.7. The topological polar surface area (TPSA) is 477 Å². The van der Waals surface area contributed by atoms with Crippen LogP contribution in [0, 0.1) is 10.1 Å². The lowest BCUT2D eigenvalue weighted by atomic mass is 9.84. The standard InChI is InChI=1S/C19H34N4O26P6/c24-13(20-10-7-17(27,44-50(32)33)45-51(34)35)1-4-16(23(30)31,5-2-14(25)21-11-8-18(28,46-52(36)37)47-53(38)39)6-3-15(26)22-12-9-19(29,48-54(40)41)49-55(42)43/h27-29,32-33,36-37H,1-12H2,(H3-4,20,21,22,24,25,26,34,35,38,39,40,41,42,43)/p+4. The molecule has 0 rings (SSSR count). The highest BCUT2D eigenvalue weighted by atomic mass is 31.2. The molecule has 30 nitrogen and oxygen atoms in total. The van der Waals surface area contributed by atoms with Crippen LogP contribution in [-0.2, 0) is 59.8 Å². The van der Waals surface area contributed by atoms with E-state index in [0.717, 1.165) is 0 Å². The van der Waals surface area contributed by atoms with E-state index in [-0.39, 0.29) is 0 Å². The number of carbonyl (C=O) groups excluding carboxylic acids is 3. The monoisotopic (exact) mass is 924 g/mol. The van der Waals surface area contributed by atoms with Crippen LogP contribution in [0.25, 0.3) is 0 Å². The lowest BCUT2D eigenvalue weighted by Gasteiger charge is -2.26. The average molecular weight is 924 g/mol. The molecule has 0 saturated carbocycles. The van der Waals surface area contributed by atoms with E-state index in [1.54, 1.807) is 0 Å². The number of nitrogens with one attached hydrogen (secondary N) is 3. The van der Waals surface area contributed by atoms with Crippen molar-refractivity contribution in [2.75, 3.05) is 19.6 Å². The normalized spacial score (nSPS) is 17.2. The smallest absolute Gasteiger partial charge is 0.356 e. The highest BCUT2D eigenvalue weighted by Crippen LogP contribution is 2.40. The molecule has 0 aliphatic carbocycles. The molecule has 0 radical (unpaired) electrons. The third-order valence-corrected chi connectivity index (χ3v) is 9.12. The SMILES string of the molecule is O=C(CCC(CCC(=O)NCCC(O)(OP(O)O)O[P+](=O)O)(CCC(=O)NCCC(O)(O[P+](=O)O)O[P+](=O)O)[N+](=O)[O-])NCCC(O)(OP(O)O)O[P+](=O)O. The van der Waals surface area contributed by atoms with Gasteiger partial charge < -0.3 is 50.8 Å². The molecular formula is C19H38N4O26P6+4. The number of amides is 3. The summed E-state index contributed by atoms with van der Waals surface area (Å²) in [5, 5.41) is 49.0. The molecule has 0 aromatic carbocycles. The molecule has 0 aromatic heterocycles. The number of hydrogen-bond acceptors (Lipinski definition) is 22. The first kappa shape index (κ1) is 53.4. The first-order valence-electron chi connectivity index (χ1n) is 14.5. The fourth-order valence-electron chi connectivity index (χ4n) is 4.10. The maximum Gasteiger partial charge on any atom is 0.700 e. The van der Waals surface area contributed by atoms with Crippen LogP contribution in [0.15, 0.2) is 0 Å². The Morgan fingerprint density at radius 3 is 1.04 bits per heavy atom. The van der Waals surface area contributed by atoms with Crippen molar-refractivity contribution in [2.24, 2.45) is 0 Å². The summed E-state index contributed by atoms with van der Waals surface area (Å²) in [5.74, 6) is -12.2. The summed E-state index contributed by atoms with van der Waals surface area (Å²) in [4.78, 5) is 121. The number of rotatable bonds is 31. The van der Waals surface area contributed by atoms with Gasteiger partial charge in [0.05, 0.1) is 19.3 Å². The van der Waals surface area contributed by atoms with Crippen LogP contribution in [0.4, 0.5) is 0 Å². The van der Waals surface area contributed by atoms with Gasteiger partial charge in [-0.3, -0.25) is 33.5 Å². The molecule has 0 aliphatic rings. The van der Waals surface area contributed by atoms with E-state index < -0.39 is 174 Å². The van der Waals surface area contributed by atoms with Gasteiger partial charge in [0.25, 0.3) is 0 Å². The van der Waals surface area contributed by atoms with Gasteiger partial charge in [0.2, 0.25) is 23.3 Å². The Morgan fingerprint density at radius 2 is 0.800 bits per heavy atom. The molecule has 6 unspecified atom stereocenters. The largest absolute Gasteiger partial charge is 0.700 e. The van der Waals surface area contributed by atoms with E-state index in [2.05, 4.69) is 43.1 Å². The Bertz CT molecular complexity index is 1290. The van der Waals surface area contributed by atoms with Gasteiger partial charge in [-0.1, -0.05) is 9.05 Å². The van der Waals surface area contributed by atoms with Crippen LogP contribution in [0.3, 0.4) is 0 Å². The van der Waals surface area contributed by atoms with Crippen molar-refractivity contribution >= 4 is 67.9 Å². The molecule has 3 amide bonds. The van der Waals surface area contributed by atoms with Gasteiger partial charge in [0.15, 0.2) is 0 Å². The van der Waals surface area contributed by atoms with Crippen molar-refractivity contribution in [1.29, 1.82) is 0 Å². The zero-order valence-corrected chi connectivity index (χ0v) is 33.0. The lowest BCUT2D eigenvalue weighted by molar-refractivity contribution is -0.573. The summed E-state index contributed by atoms with van der Waals surface area (Å²) >= 11 is 0. The van der Waals surface area contributed by atoms with Crippen molar-refractivity contribution in [3.8, 4) is 0 Å². The van der Waals surface area contributed by atoms with Crippen molar-refractivity contribution in [1.82, 2.24) is 16.0 Å². The summed E-state index contributed by atoms with van der Waals surface area (Å²) < 4.78 is 68.9. The second-order valence-electron chi connectivity index (χ2n) is 10.4. The van der Waals surface area contributed by atoms with Crippen LogP contribution in [0.1, 0.15) is 57.8 Å². The van der Waals surface area contributed by atoms with Gasteiger partial charge >= 0.3 is 68.1 Å². The minimum atomic E-state index is -3.58. The fraction of sp³-hybridized carbons (Fsp3) is 0.842. The number of hydrogen-bond donors (Lipinski definition) is 14.